The normalized spacial score (nSPS) is 10.4. The summed E-state index contributed by atoms with van der Waals surface area (Å²) in [6.07, 6.45) is 3.88. The Bertz CT molecular complexity index is 422. The van der Waals surface area contributed by atoms with Gasteiger partial charge in [0.25, 0.3) is 0 Å². The third-order valence-electron chi connectivity index (χ3n) is 1.81. The lowest BCUT2D eigenvalue weighted by molar-refractivity contribution is 0.475. The monoisotopic (exact) mass is 223 g/mol. The lowest BCUT2D eigenvalue weighted by Crippen LogP contribution is -1.70. The van der Waals surface area contributed by atoms with Crippen LogP contribution in [-0.2, 0) is 0 Å². The average molecular weight is 223 g/mol. The van der Waals surface area contributed by atoms with Crippen LogP contribution in [0, 0.1) is 0 Å². The Morgan fingerprint density at radius 1 is 1.29 bits per heavy atom. The summed E-state index contributed by atoms with van der Waals surface area (Å²) in [5, 5.41) is 9.14. The molecular weight excluding hydrogens is 214 g/mol. The van der Waals surface area contributed by atoms with E-state index < -0.39 is 0 Å². The fraction of sp³-hybridized carbons (Fsp3) is 0.100. The van der Waals surface area contributed by atoms with Gasteiger partial charge < -0.3 is 5.11 Å². The van der Waals surface area contributed by atoms with Gasteiger partial charge in [-0.25, -0.2) is 4.98 Å². The van der Waals surface area contributed by atoms with Gasteiger partial charge in [-0.3, -0.25) is 0 Å². The van der Waals surface area contributed by atoms with Gasteiger partial charge in [-0.15, -0.1) is 11.3 Å². The molecule has 72 valence electrons. The van der Waals surface area contributed by atoms with Crippen LogP contribution in [0.1, 0.15) is 0 Å². The number of aromatic nitrogens is 1. The number of nitrogens with zero attached hydrogens (tertiary/aromatic N) is 1. The molecule has 2 aromatic rings. The molecule has 2 rings (SSSR count). The molecule has 0 unspecified atom stereocenters. The molecule has 4 heteroatoms. The predicted octanol–water partition coefficient (Wildman–Crippen LogP) is 3.24. The van der Waals surface area contributed by atoms with E-state index in [9.17, 15) is 0 Å². The third-order valence-corrected chi connectivity index (χ3v) is 3.86. The van der Waals surface area contributed by atoms with Crippen molar-refractivity contribution < 1.29 is 5.11 Å². The summed E-state index contributed by atoms with van der Waals surface area (Å²) in [6.45, 7) is 0. The van der Waals surface area contributed by atoms with Crippen LogP contribution in [0.3, 0.4) is 0 Å². The fourth-order valence-electron chi connectivity index (χ4n) is 1.11. The molecule has 0 fully saturated rings. The smallest absolute Gasteiger partial charge is 0.150 e. The Hall–Kier alpha value is -1.000. The highest BCUT2D eigenvalue weighted by Gasteiger charge is 2.02. The fourth-order valence-corrected chi connectivity index (χ4v) is 2.53. The third kappa shape index (κ3) is 1.91. The molecule has 0 spiro atoms. The SMILES string of the molecule is CSc1ncc(-c2ccc(O)cc2)s1. The molecule has 1 aromatic heterocycles. The molecule has 1 aromatic carbocycles. The first-order valence-corrected chi connectivity index (χ1v) is 6.13. The van der Waals surface area contributed by atoms with Crippen LogP contribution in [-0.4, -0.2) is 16.3 Å². The second kappa shape index (κ2) is 4.02. The van der Waals surface area contributed by atoms with Crippen molar-refractivity contribution in [2.24, 2.45) is 0 Å². The Labute approximate surface area is 90.6 Å². The van der Waals surface area contributed by atoms with E-state index in [4.69, 9.17) is 5.11 Å². The van der Waals surface area contributed by atoms with Crippen molar-refractivity contribution in [1.29, 1.82) is 0 Å². The molecule has 0 amide bonds. The van der Waals surface area contributed by atoms with Crippen LogP contribution in [0.5, 0.6) is 5.75 Å². The van der Waals surface area contributed by atoms with Crippen molar-refractivity contribution in [3.05, 3.63) is 30.5 Å². The summed E-state index contributed by atoms with van der Waals surface area (Å²) < 4.78 is 1.06. The number of aromatic hydroxyl groups is 1. The van der Waals surface area contributed by atoms with Crippen LogP contribution < -0.4 is 0 Å². The first kappa shape index (κ1) is 9.55. The molecule has 0 aliphatic carbocycles. The van der Waals surface area contributed by atoms with Gasteiger partial charge in [0.05, 0.1) is 4.88 Å². The quantitative estimate of drug-likeness (QED) is 0.793. The zero-order valence-corrected chi connectivity index (χ0v) is 9.23. The van der Waals surface area contributed by atoms with Crippen molar-refractivity contribution in [2.45, 2.75) is 4.34 Å². The van der Waals surface area contributed by atoms with E-state index in [1.165, 1.54) is 0 Å². The van der Waals surface area contributed by atoms with Crippen molar-refractivity contribution in [2.75, 3.05) is 6.26 Å². The highest BCUT2D eigenvalue weighted by atomic mass is 32.2. The second-order valence-corrected chi connectivity index (χ2v) is 4.83. The van der Waals surface area contributed by atoms with Crippen molar-refractivity contribution in [1.82, 2.24) is 4.98 Å². The molecule has 1 N–H and O–H groups in total. The summed E-state index contributed by atoms with van der Waals surface area (Å²) >= 11 is 3.31. The first-order chi connectivity index (χ1) is 6.79. The minimum atomic E-state index is 0.295. The lowest BCUT2D eigenvalue weighted by Gasteiger charge is -1.95. The largest absolute Gasteiger partial charge is 0.508 e. The van der Waals surface area contributed by atoms with E-state index in [1.54, 1.807) is 35.2 Å². The minimum Gasteiger partial charge on any atom is -0.508 e. The Morgan fingerprint density at radius 3 is 2.57 bits per heavy atom. The molecule has 0 aliphatic heterocycles. The van der Waals surface area contributed by atoms with Crippen LogP contribution in [0.2, 0.25) is 0 Å². The molecule has 0 aliphatic rings. The number of hydrogen-bond donors (Lipinski definition) is 1. The van der Waals surface area contributed by atoms with Crippen LogP contribution in [0.4, 0.5) is 0 Å². The van der Waals surface area contributed by atoms with Gasteiger partial charge in [-0.05, 0) is 36.1 Å². The second-order valence-electron chi connectivity index (χ2n) is 2.74. The summed E-state index contributed by atoms with van der Waals surface area (Å²) in [5.41, 5.74) is 1.10. The van der Waals surface area contributed by atoms with E-state index in [1.807, 2.05) is 24.6 Å². The highest BCUT2D eigenvalue weighted by molar-refractivity contribution is 8.00. The van der Waals surface area contributed by atoms with E-state index in [2.05, 4.69) is 4.98 Å². The molecule has 0 saturated carbocycles. The highest BCUT2D eigenvalue weighted by Crippen LogP contribution is 2.30. The number of phenols is 1. The molecule has 2 nitrogen and oxygen atoms in total. The van der Waals surface area contributed by atoms with E-state index >= 15 is 0 Å². The molecular formula is C10H9NOS2. The van der Waals surface area contributed by atoms with E-state index in [0.29, 0.717) is 5.75 Å². The van der Waals surface area contributed by atoms with Gasteiger partial charge in [0.2, 0.25) is 0 Å². The summed E-state index contributed by atoms with van der Waals surface area (Å²) in [7, 11) is 0. The van der Waals surface area contributed by atoms with Crippen molar-refractivity contribution in [3.63, 3.8) is 0 Å². The van der Waals surface area contributed by atoms with Crippen molar-refractivity contribution >= 4 is 23.1 Å². The minimum absolute atomic E-state index is 0.295. The van der Waals surface area contributed by atoms with Gasteiger partial charge >= 0.3 is 0 Å². The molecule has 14 heavy (non-hydrogen) atoms. The molecule has 0 saturated heterocycles. The number of thioether (sulfide) groups is 1. The molecule has 0 radical (unpaired) electrons. The first-order valence-electron chi connectivity index (χ1n) is 4.09. The van der Waals surface area contributed by atoms with Crippen LogP contribution in [0.25, 0.3) is 10.4 Å². The average Bonchev–Trinajstić information content (AvgIpc) is 2.67. The number of hydrogen-bond acceptors (Lipinski definition) is 4. The van der Waals surface area contributed by atoms with Crippen LogP contribution in [0.15, 0.2) is 34.8 Å². The summed E-state index contributed by atoms with van der Waals surface area (Å²) in [4.78, 5) is 5.39. The Balaban J connectivity index is 2.34. The van der Waals surface area contributed by atoms with Crippen molar-refractivity contribution in [3.8, 4) is 16.2 Å². The Morgan fingerprint density at radius 2 is 2.00 bits per heavy atom. The molecule has 1 heterocycles. The number of benzene rings is 1. The number of rotatable bonds is 2. The van der Waals surface area contributed by atoms with Crippen LogP contribution >= 0.6 is 23.1 Å². The van der Waals surface area contributed by atoms with Gasteiger partial charge in [0.15, 0.2) is 0 Å². The maximum atomic E-state index is 9.14. The van der Waals surface area contributed by atoms with E-state index in [0.717, 1.165) is 14.8 Å². The zero-order chi connectivity index (χ0) is 9.97. The topological polar surface area (TPSA) is 33.1 Å². The number of phenolic OH excluding ortho intramolecular Hbond substituents is 1. The molecule has 0 bridgehead atoms. The number of thiazole rings is 1. The Kier molecular flexibility index (Phi) is 2.74. The maximum absolute atomic E-state index is 9.14. The van der Waals surface area contributed by atoms with E-state index in [-0.39, 0.29) is 0 Å². The predicted molar refractivity (Wildman–Crippen MR) is 61.0 cm³/mol. The zero-order valence-electron chi connectivity index (χ0n) is 7.60. The maximum Gasteiger partial charge on any atom is 0.150 e. The standard InChI is InChI=1S/C10H9NOS2/c1-13-10-11-6-9(14-10)7-2-4-8(12)5-3-7/h2-6,12H,1H3. The molecule has 0 atom stereocenters. The lowest BCUT2D eigenvalue weighted by atomic mass is 10.2. The van der Waals surface area contributed by atoms with Gasteiger partial charge in [0.1, 0.15) is 10.1 Å². The van der Waals surface area contributed by atoms with Gasteiger partial charge in [-0.2, -0.15) is 0 Å². The summed E-state index contributed by atoms with van der Waals surface area (Å²) in [5.74, 6) is 0.295. The van der Waals surface area contributed by atoms with Gasteiger partial charge in [0, 0.05) is 6.20 Å². The summed E-state index contributed by atoms with van der Waals surface area (Å²) in [6, 6.07) is 7.17. The van der Waals surface area contributed by atoms with Gasteiger partial charge in [-0.1, -0.05) is 11.8 Å².